The monoisotopic (exact) mass is 516 g/mol. The van der Waals surface area contributed by atoms with Gasteiger partial charge in [-0.25, -0.2) is 9.97 Å². The minimum atomic E-state index is -0.896. The molecule has 0 aliphatic carbocycles. The second kappa shape index (κ2) is 8.46. The lowest BCUT2D eigenvalue weighted by Gasteiger charge is -2.35. The number of aliphatic imine (C=N–C) groups is 1. The van der Waals surface area contributed by atoms with E-state index in [0.717, 1.165) is 77.5 Å². The Balaban J connectivity index is 1.39. The first kappa shape index (κ1) is 22.9. The third kappa shape index (κ3) is 3.36. The van der Waals surface area contributed by atoms with Gasteiger partial charge in [-0.05, 0) is 49.4 Å². The molecule has 0 saturated heterocycles. The first-order valence-electron chi connectivity index (χ1n) is 13.3. The minimum absolute atomic E-state index is 0.555. The maximum absolute atomic E-state index is 7.46. The largest absolute Gasteiger partial charge is 0.316 e. The Bertz CT molecular complexity index is 2180. The summed E-state index contributed by atoms with van der Waals surface area (Å²) in [6.45, 7) is 2.03. The van der Waals surface area contributed by atoms with E-state index in [-0.39, 0.29) is 0 Å². The van der Waals surface area contributed by atoms with Crippen molar-refractivity contribution in [3.8, 4) is 11.3 Å². The molecule has 0 bridgehead atoms. The number of hydrogen-bond acceptors (Lipinski definition) is 6. The highest BCUT2D eigenvalue weighted by Crippen LogP contribution is 2.45. The zero-order chi connectivity index (χ0) is 26.8. The molecule has 1 atom stereocenters. The van der Waals surface area contributed by atoms with Gasteiger partial charge < -0.3 is 5.73 Å². The summed E-state index contributed by atoms with van der Waals surface area (Å²) in [5, 5.41) is 4.02. The Morgan fingerprint density at radius 3 is 2.05 bits per heavy atom. The number of nitrogens with zero attached hydrogens (tertiary/aromatic N) is 5. The average Bonchev–Trinajstić information content (AvgIpc) is 3.00. The standard InChI is InChI=1S/C34H24N6/c1-20-17-34(35,30-16-14-22-19-37-27-11-5-3-8-25(27)33(22)40-30)31-23(9-6-12-29(31)38-20)28-15-13-21-18-36-26-10-4-2-7-24(26)32(21)39-28/h2-16,18-19H,17,35H2,1H3. The number of fused-ring (bicyclic) bond motifs is 7. The van der Waals surface area contributed by atoms with Gasteiger partial charge in [-0.1, -0.05) is 48.5 Å². The number of rotatable bonds is 2. The lowest BCUT2D eigenvalue weighted by molar-refractivity contribution is 0.541. The van der Waals surface area contributed by atoms with Crippen LogP contribution >= 0.6 is 0 Å². The van der Waals surface area contributed by atoms with Crippen molar-refractivity contribution in [2.24, 2.45) is 10.7 Å². The number of para-hydroxylation sites is 2. The number of nitrogens with two attached hydrogens (primary N) is 1. The Morgan fingerprint density at radius 1 is 0.675 bits per heavy atom. The minimum Gasteiger partial charge on any atom is -0.316 e. The molecular weight excluding hydrogens is 492 g/mol. The Morgan fingerprint density at radius 2 is 1.32 bits per heavy atom. The topological polar surface area (TPSA) is 89.9 Å². The molecule has 0 spiro atoms. The molecule has 0 fully saturated rings. The van der Waals surface area contributed by atoms with Gasteiger partial charge >= 0.3 is 0 Å². The first-order valence-corrected chi connectivity index (χ1v) is 13.3. The van der Waals surface area contributed by atoms with Gasteiger partial charge in [0.1, 0.15) is 0 Å². The van der Waals surface area contributed by atoms with Crippen LogP contribution < -0.4 is 5.73 Å². The molecular formula is C34H24N6. The molecule has 6 heteroatoms. The maximum atomic E-state index is 7.46. The molecule has 40 heavy (non-hydrogen) atoms. The van der Waals surface area contributed by atoms with Crippen molar-refractivity contribution < 1.29 is 0 Å². The zero-order valence-electron chi connectivity index (χ0n) is 21.8. The highest BCUT2D eigenvalue weighted by Gasteiger charge is 2.39. The molecule has 7 aromatic rings. The molecule has 0 saturated carbocycles. The fourth-order valence-corrected chi connectivity index (χ4v) is 6.10. The molecule has 1 aliphatic heterocycles. The number of benzene rings is 3. The van der Waals surface area contributed by atoms with Crippen molar-refractivity contribution >= 4 is 55.0 Å². The third-order valence-electron chi connectivity index (χ3n) is 7.92. The fraction of sp³-hybridized carbons (Fsp3) is 0.0882. The van der Waals surface area contributed by atoms with Crippen LogP contribution in [0.5, 0.6) is 0 Å². The Labute approximate surface area is 230 Å². The number of pyridine rings is 4. The normalized spacial score (nSPS) is 16.9. The van der Waals surface area contributed by atoms with E-state index in [1.165, 1.54) is 0 Å². The lowest BCUT2D eigenvalue weighted by Crippen LogP contribution is -2.42. The molecule has 1 unspecified atom stereocenters. The molecule has 0 amide bonds. The van der Waals surface area contributed by atoms with E-state index < -0.39 is 5.54 Å². The zero-order valence-corrected chi connectivity index (χ0v) is 21.8. The summed E-state index contributed by atoms with van der Waals surface area (Å²) in [6, 6.07) is 30.6. The summed E-state index contributed by atoms with van der Waals surface area (Å²) >= 11 is 0. The predicted octanol–water partition coefficient (Wildman–Crippen LogP) is 7.24. The molecule has 3 aromatic carbocycles. The van der Waals surface area contributed by atoms with Gasteiger partial charge in [0.25, 0.3) is 0 Å². The van der Waals surface area contributed by atoms with Crippen LogP contribution in [0.3, 0.4) is 0 Å². The van der Waals surface area contributed by atoms with Crippen molar-refractivity contribution in [3.05, 3.63) is 115 Å². The summed E-state index contributed by atoms with van der Waals surface area (Å²) in [5.41, 5.74) is 15.6. The van der Waals surface area contributed by atoms with E-state index in [1.54, 1.807) is 0 Å². The van der Waals surface area contributed by atoms with Gasteiger partial charge in [0.05, 0.1) is 44.7 Å². The van der Waals surface area contributed by atoms with Gasteiger partial charge in [0.15, 0.2) is 0 Å². The lowest BCUT2D eigenvalue weighted by atomic mass is 9.76. The van der Waals surface area contributed by atoms with E-state index in [4.69, 9.17) is 20.7 Å². The van der Waals surface area contributed by atoms with Crippen LogP contribution in [0.15, 0.2) is 108 Å². The summed E-state index contributed by atoms with van der Waals surface area (Å²) in [5.74, 6) is 0. The molecule has 4 aromatic heterocycles. The highest BCUT2D eigenvalue weighted by atomic mass is 14.9. The average molecular weight is 517 g/mol. The molecule has 190 valence electrons. The molecule has 6 nitrogen and oxygen atoms in total. The van der Waals surface area contributed by atoms with Crippen molar-refractivity contribution in [1.82, 2.24) is 19.9 Å². The Hall–Kier alpha value is -5.07. The van der Waals surface area contributed by atoms with E-state index in [9.17, 15) is 0 Å². The van der Waals surface area contributed by atoms with Crippen LogP contribution in [0.25, 0.3) is 54.9 Å². The maximum Gasteiger partial charge on any atom is 0.0919 e. The van der Waals surface area contributed by atoms with Crippen LogP contribution in [0.2, 0.25) is 0 Å². The number of aromatic nitrogens is 4. The quantitative estimate of drug-likeness (QED) is 0.245. The fourth-order valence-electron chi connectivity index (χ4n) is 6.10. The van der Waals surface area contributed by atoms with Gasteiger partial charge in [-0.2, -0.15) is 0 Å². The smallest absolute Gasteiger partial charge is 0.0919 e. The van der Waals surface area contributed by atoms with E-state index >= 15 is 0 Å². The van der Waals surface area contributed by atoms with Crippen LogP contribution in [-0.2, 0) is 5.54 Å². The summed E-state index contributed by atoms with van der Waals surface area (Å²) in [6.07, 6.45) is 4.32. The van der Waals surface area contributed by atoms with Gasteiger partial charge in [-0.15, -0.1) is 0 Å². The summed E-state index contributed by atoms with van der Waals surface area (Å²) in [7, 11) is 0. The van der Waals surface area contributed by atoms with Crippen molar-refractivity contribution in [2.45, 2.75) is 18.9 Å². The summed E-state index contributed by atoms with van der Waals surface area (Å²) in [4.78, 5) is 24.5. The van der Waals surface area contributed by atoms with E-state index in [1.807, 2.05) is 80.0 Å². The molecule has 1 aliphatic rings. The predicted molar refractivity (Wildman–Crippen MR) is 162 cm³/mol. The van der Waals surface area contributed by atoms with Crippen LogP contribution in [0.4, 0.5) is 5.69 Å². The molecule has 0 radical (unpaired) electrons. The second-order valence-electron chi connectivity index (χ2n) is 10.5. The van der Waals surface area contributed by atoms with Gasteiger partial charge in [0.2, 0.25) is 0 Å². The molecule has 2 N–H and O–H groups in total. The van der Waals surface area contributed by atoms with E-state index in [2.05, 4.69) is 40.3 Å². The summed E-state index contributed by atoms with van der Waals surface area (Å²) < 4.78 is 0. The van der Waals surface area contributed by atoms with Crippen LogP contribution in [-0.4, -0.2) is 25.6 Å². The molecule has 5 heterocycles. The highest BCUT2D eigenvalue weighted by molar-refractivity contribution is 6.04. The SMILES string of the molecule is CC1=Nc2cccc(-c3ccc4cnc5ccccc5c4n3)c2C(N)(c2ccc3cnc4ccccc4c3n2)C1. The van der Waals surface area contributed by atoms with Crippen molar-refractivity contribution in [1.29, 1.82) is 0 Å². The first-order chi connectivity index (χ1) is 19.6. The molecule has 8 rings (SSSR count). The van der Waals surface area contributed by atoms with Crippen LogP contribution in [0.1, 0.15) is 24.6 Å². The second-order valence-corrected chi connectivity index (χ2v) is 10.5. The van der Waals surface area contributed by atoms with Crippen molar-refractivity contribution in [3.63, 3.8) is 0 Å². The van der Waals surface area contributed by atoms with E-state index in [0.29, 0.717) is 6.42 Å². The van der Waals surface area contributed by atoms with Gasteiger partial charge in [0, 0.05) is 57.2 Å². The number of hydrogen-bond donors (Lipinski definition) is 1. The van der Waals surface area contributed by atoms with Gasteiger partial charge in [-0.3, -0.25) is 15.0 Å². The Kier molecular flexibility index (Phi) is 4.84. The third-order valence-corrected chi connectivity index (χ3v) is 7.92. The van der Waals surface area contributed by atoms with Crippen molar-refractivity contribution in [2.75, 3.05) is 0 Å². The van der Waals surface area contributed by atoms with Crippen LogP contribution in [0, 0.1) is 0 Å².